The van der Waals surface area contributed by atoms with E-state index in [1.54, 1.807) is 0 Å². The van der Waals surface area contributed by atoms with Crippen molar-refractivity contribution in [3.63, 3.8) is 0 Å². The molecule has 0 atom stereocenters. The normalized spacial score (nSPS) is 22.5. The molecule has 24 heavy (non-hydrogen) atoms. The van der Waals surface area contributed by atoms with E-state index in [0.717, 1.165) is 43.9 Å². The number of sulfone groups is 1. The first-order valence-electron chi connectivity index (χ1n) is 8.42. The highest BCUT2D eigenvalue weighted by molar-refractivity contribution is 7.91. The molecule has 1 amide bonds. The summed E-state index contributed by atoms with van der Waals surface area (Å²) in [6.07, 6.45) is 0. The third-order valence-electron chi connectivity index (χ3n) is 4.83. The van der Waals surface area contributed by atoms with Crippen molar-refractivity contribution in [2.75, 3.05) is 57.8 Å². The van der Waals surface area contributed by atoms with Gasteiger partial charge in [0.25, 0.3) is 5.91 Å². The van der Waals surface area contributed by atoms with E-state index in [0.29, 0.717) is 13.1 Å². The molecule has 0 bridgehead atoms. The van der Waals surface area contributed by atoms with Gasteiger partial charge in [-0.15, -0.1) is 0 Å². The third-order valence-corrected chi connectivity index (χ3v) is 6.44. The minimum absolute atomic E-state index is 0.0960. The van der Waals surface area contributed by atoms with Gasteiger partial charge in [0.15, 0.2) is 9.84 Å². The summed E-state index contributed by atoms with van der Waals surface area (Å²) in [6, 6.07) is 7.73. The summed E-state index contributed by atoms with van der Waals surface area (Å²) in [4.78, 5) is 18.8. The van der Waals surface area contributed by atoms with Crippen LogP contribution in [0.25, 0.3) is 0 Å². The van der Waals surface area contributed by atoms with Gasteiger partial charge in [-0.3, -0.25) is 9.69 Å². The summed E-state index contributed by atoms with van der Waals surface area (Å²) in [7, 11) is -0.766. The molecule has 7 heteroatoms. The van der Waals surface area contributed by atoms with Crippen LogP contribution in [0.4, 0.5) is 0 Å². The molecule has 2 saturated heterocycles. The molecule has 0 saturated carbocycles. The number of benzene rings is 1. The summed E-state index contributed by atoms with van der Waals surface area (Å²) in [5, 5.41) is 0. The van der Waals surface area contributed by atoms with Crippen molar-refractivity contribution in [1.29, 1.82) is 0 Å². The molecular weight excluding hydrogens is 326 g/mol. The Hall–Kier alpha value is -1.44. The zero-order chi connectivity index (χ0) is 17.2. The van der Waals surface area contributed by atoms with Crippen LogP contribution in [0.1, 0.15) is 15.9 Å². The maximum atomic E-state index is 12.5. The van der Waals surface area contributed by atoms with Gasteiger partial charge in [-0.05, 0) is 24.7 Å². The van der Waals surface area contributed by atoms with Crippen LogP contribution >= 0.6 is 0 Å². The number of likely N-dealkylation sites (N-methyl/N-ethyl adjacent to an activating group) is 1. The topological polar surface area (TPSA) is 60.9 Å². The average Bonchev–Trinajstić information content (AvgIpc) is 2.58. The van der Waals surface area contributed by atoms with E-state index in [4.69, 9.17) is 0 Å². The maximum Gasteiger partial charge on any atom is 0.253 e. The Bertz CT molecular complexity index is 666. The Kier molecular flexibility index (Phi) is 5.22. The van der Waals surface area contributed by atoms with E-state index in [9.17, 15) is 13.2 Å². The second-order valence-electron chi connectivity index (χ2n) is 6.72. The minimum Gasteiger partial charge on any atom is -0.336 e. The molecule has 2 aliphatic rings. The summed E-state index contributed by atoms with van der Waals surface area (Å²) >= 11 is 0. The van der Waals surface area contributed by atoms with Crippen LogP contribution in [0.2, 0.25) is 0 Å². The van der Waals surface area contributed by atoms with Gasteiger partial charge in [-0.2, -0.15) is 0 Å². The number of carbonyl (C=O) groups is 1. The van der Waals surface area contributed by atoms with Crippen molar-refractivity contribution < 1.29 is 13.2 Å². The monoisotopic (exact) mass is 351 g/mol. The third kappa shape index (κ3) is 4.34. The van der Waals surface area contributed by atoms with Crippen LogP contribution in [0.15, 0.2) is 24.3 Å². The molecule has 0 spiro atoms. The molecule has 132 valence electrons. The van der Waals surface area contributed by atoms with Gasteiger partial charge < -0.3 is 9.80 Å². The largest absolute Gasteiger partial charge is 0.336 e. The van der Waals surface area contributed by atoms with E-state index in [2.05, 4.69) is 16.8 Å². The van der Waals surface area contributed by atoms with Crippen LogP contribution in [0.3, 0.4) is 0 Å². The second kappa shape index (κ2) is 7.21. The average molecular weight is 351 g/mol. The van der Waals surface area contributed by atoms with Crippen LogP contribution in [-0.2, 0) is 16.4 Å². The summed E-state index contributed by atoms with van der Waals surface area (Å²) in [5.74, 6) is 0.582. The number of carbonyl (C=O) groups excluding carboxylic acids is 1. The Balaban J connectivity index is 1.56. The Morgan fingerprint density at radius 3 is 2.12 bits per heavy atom. The predicted molar refractivity (Wildman–Crippen MR) is 93.8 cm³/mol. The highest BCUT2D eigenvalue weighted by Gasteiger charge is 2.22. The highest BCUT2D eigenvalue weighted by atomic mass is 32.2. The van der Waals surface area contributed by atoms with E-state index >= 15 is 0 Å². The van der Waals surface area contributed by atoms with Gasteiger partial charge in [0.2, 0.25) is 0 Å². The fourth-order valence-electron chi connectivity index (χ4n) is 3.11. The molecule has 6 nitrogen and oxygen atoms in total. The molecule has 1 aromatic carbocycles. The number of piperazine rings is 1. The molecular formula is C17H25N3O3S. The molecule has 2 heterocycles. The first kappa shape index (κ1) is 17.4. The van der Waals surface area contributed by atoms with Crippen LogP contribution in [0.5, 0.6) is 0 Å². The highest BCUT2D eigenvalue weighted by Crippen LogP contribution is 2.13. The SMILES string of the molecule is CN1CCN(C(=O)c2ccc(CN3CCS(=O)(=O)CC3)cc2)CC1. The lowest BCUT2D eigenvalue weighted by atomic mass is 10.1. The lowest BCUT2D eigenvalue weighted by Gasteiger charge is -2.32. The zero-order valence-corrected chi connectivity index (χ0v) is 15.0. The molecule has 2 fully saturated rings. The van der Waals surface area contributed by atoms with Crippen molar-refractivity contribution in [3.8, 4) is 0 Å². The molecule has 0 radical (unpaired) electrons. The zero-order valence-electron chi connectivity index (χ0n) is 14.1. The van der Waals surface area contributed by atoms with Crippen molar-refractivity contribution >= 4 is 15.7 Å². The minimum atomic E-state index is -2.84. The summed E-state index contributed by atoms with van der Waals surface area (Å²) < 4.78 is 22.9. The fourth-order valence-corrected chi connectivity index (χ4v) is 4.39. The van der Waals surface area contributed by atoms with Crippen LogP contribution < -0.4 is 0 Å². The number of amides is 1. The first-order valence-corrected chi connectivity index (χ1v) is 10.2. The van der Waals surface area contributed by atoms with Crippen molar-refractivity contribution in [2.45, 2.75) is 6.54 Å². The molecule has 0 aliphatic carbocycles. The standard InChI is InChI=1S/C17H25N3O3S/c1-18-6-8-20(9-7-18)17(21)16-4-2-15(3-5-16)14-19-10-12-24(22,23)13-11-19/h2-5H,6-14H2,1H3. The predicted octanol–water partition coefficient (Wildman–Crippen LogP) is 0.305. The van der Waals surface area contributed by atoms with Gasteiger partial charge >= 0.3 is 0 Å². The molecule has 0 N–H and O–H groups in total. The van der Waals surface area contributed by atoms with Crippen molar-refractivity contribution in [2.24, 2.45) is 0 Å². The van der Waals surface area contributed by atoms with Gasteiger partial charge in [0.1, 0.15) is 0 Å². The Morgan fingerprint density at radius 1 is 0.958 bits per heavy atom. The van der Waals surface area contributed by atoms with E-state index in [1.165, 1.54) is 0 Å². The lowest BCUT2D eigenvalue weighted by molar-refractivity contribution is 0.0664. The molecule has 1 aromatic rings. The quantitative estimate of drug-likeness (QED) is 0.784. The summed E-state index contributed by atoms with van der Waals surface area (Å²) in [5.41, 5.74) is 1.84. The van der Waals surface area contributed by atoms with E-state index in [1.807, 2.05) is 29.2 Å². The van der Waals surface area contributed by atoms with Gasteiger partial charge in [0, 0.05) is 51.4 Å². The van der Waals surface area contributed by atoms with E-state index < -0.39 is 9.84 Å². The lowest BCUT2D eigenvalue weighted by Crippen LogP contribution is -2.47. The Labute approximate surface area is 144 Å². The number of nitrogens with zero attached hydrogens (tertiary/aromatic N) is 3. The van der Waals surface area contributed by atoms with E-state index in [-0.39, 0.29) is 17.4 Å². The summed E-state index contributed by atoms with van der Waals surface area (Å²) in [6.45, 7) is 5.30. The van der Waals surface area contributed by atoms with Crippen LogP contribution in [0, 0.1) is 0 Å². The molecule has 3 rings (SSSR count). The number of hydrogen-bond donors (Lipinski definition) is 0. The second-order valence-corrected chi connectivity index (χ2v) is 9.02. The van der Waals surface area contributed by atoms with Crippen LogP contribution in [-0.4, -0.2) is 86.8 Å². The van der Waals surface area contributed by atoms with Gasteiger partial charge in [-0.1, -0.05) is 12.1 Å². The number of rotatable bonds is 3. The number of hydrogen-bond acceptors (Lipinski definition) is 5. The van der Waals surface area contributed by atoms with Gasteiger partial charge in [0.05, 0.1) is 11.5 Å². The van der Waals surface area contributed by atoms with Gasteiger partial charge in [-0.25, -0.2) is 8.42 Å². The first-order chi connectivity index (χ1) is 11.4. The molecule has 0 aromatic heterocycles. The molecule has 0 unspecified atom stereocenters. The smallest absolute Gasteiger partial charge is 0.253 e. The molecule has 2 aliphatic heterocycles. The van der Waals surface area contributed by atoms with Crippen molar-refractivity contribution in [1.82, 2.24) is 14.7 Å². The Morgan fingerprint density at radius 2 is 1.54 bits per heavy atom. The van der Waals surface area contributed by atoms with Crippen molar-refractivity contribution in [3.05, 3.63) is 35.4 Å². The fraction of sp³-hybridized carbons (Fsp3) is 0.588. The maximum absolute atomic E-state index is 12.5.